The minimum absolute atomic E-state index is 0.00472. The third-order valence-corrected chi connectivity index (χ3v) is 9.32. The lowest BCUT2D eigenvalue weighted by Gasteiger charge is -2.20. The van der Waals surface area contributed by atoms with Crippen LogP contribution in [0, 0.1) is 5.92 Å². The molecule has 10 nitrogen and oxygen atoms in total. The summed E-state index contributed by atoms with van der Waals surface area (Å²) >= 11 is 0. The van der Waals surface area contributed by atoms with E-state index in [1.54, 1.807) is 11.0 Å². The van der Waals surface area contributed by atoms with Crippen molar-refractivity contribution in [3.63, 3.8) is 0 Å². The van der Waals surface area contributed by atoms with Gasteiger partial charge in [0.25, 0.3) is 5.91 Å². The third-order valence-electron chi connectivity index (χ3n) is 8.26. The van der Waals surface area contributed by atoms with Crippen molar-refractivity contribution in [2.45, 2.75) is 57.2 Å². The molecule has 4 aromatic heterocycles. The van der Waals surface area contributed by atoms with E-state index >= 15 is 0 Å². The van der Waals surface area contributed by atoms with E-state index in [-0.39, 0.29) is 22.1 Å². The fourth-order valence-corrected chi connectivity index (χ4v) is 6.61. The number of imidazole rings is 1. The number of amides is 1. The summed E-state index contributed by atoms with van der Waals surface area (Å²) in [5.41, 5.74) is 10.3. The normalized spacial score (nSPS) is 19.6. The molecule has 2 saturated carbocycles. The quantitative estimate of drug-likeness (QED) is 0.315. The van der Waals surface area contributed by atoms with Gasteiger partial charge in [0.1, 0.15) is 22.8 Å². The van der Waals surface area contributed by atoms with Crippen LogP contribution in [-0.2, 0) is 16.6 Å². The highest BCUT2D eigenvalue weighted by Crippen LogP contribution is 2.46. The van der Waals surface area contributed by atoms with Gasteiger partial charge in [-0.3, -0.25) is 4.79 Å². The van der Waals surface area contributed by atoms with Crippen molar-refractivity contribution in [3.8, 4) is 11.4 Å². The van der Waals surface area contributed by atoms with Crippen LogP contribution in [0.15, 0.2) is 36.5 Å². The second kappa shape index (κ2) is 9.48. The molecule has 0 spiro atoms. The number of alkyl halides is 2. The molecule has 5 heterocycles. The number of halogens is 2. The molecule has 1 aliphatic heterocycles. The number of sulfonamides is 1. The number of fused-ring (bicyclic) bond motifs is 2. The van der Waals surface area contributed by atoms with Crippen molar-refractivity contribution in [2.24, 2.45) is 11.7 Å². The zero-order chi connectivity index (χ0) is 28.6. The number of nitrogens with zero attached hydrogens (tertiary/aromatic N) is 6. The summed E-state index contributed by atoms with van der Waals surface area (Å²) in [4.78, 5) is 24.4. The van der Waals surface area contributed by atoms with Gasteiger partial charge in [0, 0.05) is 48.7 Å². The standard InChI is InChI=1S/C28H31F2N7O3S/c1-41(39,40)37(28(29)30)22-7-6-18-12-21(36(26(18)33-22)14-16-2-3-16)24-25(17-4-5-17)35-11-8-19(13-23(35)32-24)27(38)34-10-9-20(31)15-34/h6-8,11-13,16-17,20,28H,2-5,9-10,14-15,31H2,1H3/t20-/m1/s1. The van der Waals surface area contributed by atoms with Gasteiger partial charge in [0.2, 0.25) is 10.0 Å². The van der Waals surface area contributed by atoms with E-state index in [9.17, 15) is 22.0 Å². The van der Waals surface area contributed by atoms with Gasteiger partial charge in [-0.25, -0.2) is 18.4 Å². The molecule has 0 unspecified atom stereocenters. The first-order valence-corrected chi connectivity index (χ1v) is 15.8. The maximum atomic E-state index is 13.8. The Morgan fingerprint density at radius 2 is 1.90 bits per heavy atom. The molecule has 216 valence electrons. The Hall–Kier alpha value is -3.58. The lowest BCUT2D eigenvalue weighted by Crippen LogP contribution is -2.35. The fraction of sp³-hybridized carbons (Fsp3) is 0.464. The lowest BCUT2D eigenvalue weighted by molar-refractivity contribution is 0.0790. The molecule has 7 rings (SSSR count). The molecule has 1 amide bonds. The molecule has 4 aromatic rings. The highest BCUT2D eigenvalue weighted by Gasteiger charge is 2.35. The highest BCUT2D eigenvalue weighted by atomic mass is 32.2. The summed E-state index contributed by atoms with van der Waals surface area (Å²) < 4.78 is 56.0. The van der Waals surface area contributed by atoms with Crippen molar-refractivity contribution in [2.75, 3.05) is 23.7 Å². The first kappa shape index (κ1) is 26.3. The second-order valence-corrected chi connectivity index (χ2v) is 13.4. The van der Waals surface area contributed by atoms with Gasteiger partial charge in [-0.1, -0.05) is 0 Å². The molecule has 2 aliphatic carbocycles. The van der Waals surface area contributed by atoms with E-state index < -0.39 is 16.6 Å². The summed E-state index contributed by atoms with van der Waals surface area (Å²) in [6.45, 7) is -1.46. The van der Waals surface area contributed by atoms with E-state index in [2.05, 4.69) is 4.98 Å². The fourth-order valence-electron chi connectivity index (χ4n) is 5.88. The van der Waals surface area contributed by atoms with Crippen LogP contribution >= 0.6 is 0 Å². The van der Waals surface area contributed by atoms with Gasteiger partial charge in [0.05, 0.1) is 17.6 Å². The van der Waals surface area contributed by atoms with E-state index in [0.717, 1.165) is 55.4 Å². The highest BCUT2D eigenvalue weighted by molar-refractivity contribution is 7.92. The second-order valence-electron chi connectivity index (χ2n) is 11.6. The van der Waals surface area contributed by atoms with Gasteiger partial charge in [0.15, 0.2) is 0 Å². The third kappa shape index (κ3) is 4.74. The van der Waals surface area contributed by atoms with Gasteiger partial charge < -0.3 is 19.6 Å². The Morgan fingerprint density at radius 1 is 1.12 bits per heavy atom. The Bertz CT molecular complexity index is 1790. The number of hydrogen-bond acceptors (Lipinski definition) is 6. The van der Waals surface area contributed by atoms with Crippen LogP contribution < -0.4 is 10.0 Å². The first-order chi connectivity index (χ1) is 19.6. The minimum Gasteiger partial charge on any atom is -0.337 e. The predicted molar refractivity (Wildman–Crippen MR) is 150 cm³/mol. The molecular formula is C28H31F2N7O3S. The molecule has 0 radical (unpaired) electrons. The number of carbonyl (C=O) groups excluding carboxylic acids is 1. The molecular weight excluding hydrogens is 552 g/mol. The Labute approximate surface area is 235 Å². The number of aromatic nitrogens is 4. The molecule has 2 N–H and O–H groups in total. The van der Waals surface area contributed by atoms with Crippen molar-refractivity contribution in [1.29, 1.82) is 0 Å². The van der Waals surface area contributed by atoms with Crippen molar-refractivity contribution < 1.29 is 22.0 Å². The van der Waals surface area contributed by atoms with Crippen LogP contribution in [-0.4, -0.2) is 70.1 Å². The van der Waals surface area contributed by atoms with Crippen molar-refractivity contribution in [3.05, 3.63) is 47.8 Å². The van der Waals surface area contributed by atoms with Crippen molar-refractivity contribution >= 4 is 38.4 Å². The molecule has 3 aliphatic rings. The summed E-state index contributed by atoms with van der Waals surface area (Å²) in [7, 11) is -4.24. The lowest BCUT2D eigenvalue weighted by atomic mass is 10.1. The van der Waals surface area contributed by atoms with Gasteiger partial charge in [-0.2, -0.15) is 13.1 Å². The molecule has 1 atom stereocenters. The number of anilines is 1. The summed E-state index contributed by atoms with van der Waals surface area (Å²) in [6.07, 6.45) is 7.59. The molecule has 0 bridgehead atoms. The Balaban J connectivity index is 1.37. The summed E-state index contributed by atoms with van der Waals surface area (Å²) in [6, 6.07) is 8.54. The van der Waals surface area contributed by atoms with Gasteiger partial charge in [-0.15, -0.1) is 0 Å². The number of pyridine rings is 2. The van der Waals surface area contributed by atoms with Crippen LogP contribution in [0.25, 0.3) is 28.1 Å². The van der Waals surface area contributed by atoms with E-state index in [4.69, 9.17) is 10.7 Å². The van der Waals surface area contributed by atoms with Crippen LogP contribution in [0.4, 0.5) is 14.6 Å². The SMILES string of the molecule is CS(=O)(=O)N(c1ccc2cc(-c3nc4cc(C(=O)N5CC[C@@H](N)C5)ccn4c3C3CC3)n(CC3CC3)c2n1)C(F)F. The Kier molecular flexibility index (Phi) is 6.09. The Morgan fingerprint density at radius 3 is 2.54 bits per heavy atom. The van der Waals surface area contributed by atoms with E-state index in [0.29, 0.717) is 53.7 Å². The zero-order valence-corrected chi connectivity index (χ0v) is 23.4. The van der Waals surface area contributed by atoms with Crippen LogP contribution in [0.2, 0.25) is 0 Å². The average Bonchev–Trinajstić information content (AvgIpc) is 3.82. The molecule has 0 aromatic carbocycles. The van der Waals surface area contributed by atoms with Crippen LogP contribution in [0.3, 0.4) is 0 Å². The summed E-state index contributed by atoms with van der Waals surface area (Å²) in [5, 5.41) is 0.715. The maximum absolute atomic E-state index is 13.8. The number of nitrogens with two attached hydrogens (primary N) is 1. The minimum atomic E-state index is -4.24. The number of carbonyl (C=O) groups is 1. The topological polar surface area (TPSA) is 119 Å². The number of hydrogen-bond donors (Lipinski definition) is 1. The summed E-state index contributed by atoms with van der Waals surface area (Å²) in [5.74, 6) is 0.355. The first-order valence-electron chi connectivity index (χ1n) is 13.9. The van der Waals surface area contributed by atoms with Gasteiger partial charge >= 0.3 is 6.55 Å². The largest absolute Gasteiger partial charge is 0.337 e. The van der Waals surface area contributed by atoms with Crippen LogP contribution in [0.5, 0.6) is 0 Å². The predicted octanol–water partition coefficient (Wildman–Crippen LogP) is 3.80. The molecule has 3 fully saturated rings. The smallest absolute Gasteiger partial charge is 0.329 e. The van der Waals surface area contributed by atoms with Crippen LogP contribution in [0.1, 0.15) is 54.1 Å². The monoisotopic (exact) mass is 583 g/mol. The number of rotatable bonds is 8. The van der Waals surface area contributed by atoms with E-state index in [1.165, 1.54) is 6.07 Å². The molecule has 41 heavy (non-hydrogen) atoms. The van der Waals surface area contributed by atoms with Gasteiger partial charge in [-0.05, 0) is 68.4 Å². The number of likely N-dealkylation sites (tertiary alicyclic amines) is 1. The van der Waals surface area contributed by atoms with E-state index in [1.807, 2.05) is 33.4 Å². The zero-order valence-electron chi connectivity index (χ0n) is 22.6. The average molecular weight is 584 g/mol. The maximum Gasteiger partial charge on any atom is 0.329 e. The molecule has 13 heteroatoms. The van der Waals surface area contributed by atoms with Crippen molar-refractivity contribution in [1.82, 2.24) is 23.8 Å². The molecule has 1 saturated heterocycles.